The Bertz CT molecular complexity index is 1600. The number of rotatable bonds is 56. The number of aliphatic hydroxyl groups excluding tert-OH is 1. The number of esters is 3. The van der Waals surface area contributed by atoms with Crippen molar-refractivity contribution in [1.29, 1.82) is 0 Å². The predicted octanol–water partition coefficient (Wildman–Crippen LogP) is 18.3. The summed E-state index contributed by atoms with van der Waals surface area (Å²) < 4.78 is 39.5. The van der Waals surface area contributed by atoms with E-state index in [-0.39, 0.29) is 19.3 Å². The van der Waals surface area contributed by atoms with Gasteiger partial charge < -0.3 is 24.2 Å². The molecule has 0 aliphatic rings. The van der Waals surface area contributed by atoms with Gasteiger partial charge >= 0.3 is 25.7 Å². The minimum atomic E-state index is -4.77. The van der Waals surface area contributed by atoms with Crippen LogP contribution in [0.1, 0.15) is 265 Å². The van der Waals surface area contributed by atoms with Gasteiger partial charge in [-0.3, -0.25) is 23.4 Å². The van der Waals surface area contributed by atoms with Crippen LogP contribution in [0.2, 0.25) is 0 Å². The number of aliphatic hydroxyl groups is 1. The van der Waals surface area contributed by atoms with E-state index >= 15 is 0 Å². The highest BCUT2D eigenvalue weighted by Gasteiger charge is 2.28. The fraction of sp³-hybridized carbons (Fsp3) is 0.734. The van der Waals surface area contributed by atoms with Gasteiger partial charge in [-0.2, -0.15) is 0 Å². The fourth-order valence-electron chi connectivity index (χ4n) is 8.18. The van der Waals surface area contributed by atoms with Gasteiger partial charge in [-0.1, -0.05) is 234 Å². The van der Waals surface area contributed by atoms with Crippen molar-refractivity contribution in [3.05, 3.63) is 85.1 Å². The third-order valence-electron chi connectivity index (χ3n) is 12.8. The molecule has 0 spiro atoms. The third-order valence-corrected chi connectivity index (χ3v) is 13.8. The molecule has 0 rings (SSSR count). The van der Waals surface area contributed by atoms with Crippen molar-refractivity contribution in [3.8, 4) is 0 Å². The number of hydrogen-bond donors (Lipinski definition) is 2. The van der Waals surface area contributed by atoms with Crippen LogP contribution in [0.3, 0.4) is 0 Å². The lowest BCUT2D eigenvalue weighted by Gasteiger charge is -2.21. The van der Waals surface area contributed by atoms with Crippen molar-refractivity contribution in [1.82, 2.24) is 0 Å². The summed E-state index contributed by atoms with van der Waals surface area (Å²) in [5.74, 6) is -1.62. The molecule has 0 saturated carbocycles. The summed E-state index contributed by atoms with van der Waals surface area (Å²) in [5.41, 5.74) is 0. The molecule has 0 fully saturated rings. The van der Waals surface area contributed by atoms with Gasteiger partial charge in [-0.25, -0.2) is 4.57 Å². The zero-order chi connectivity index (χ0) is 55.5. The second kappa shape index (κ2) is 57.8. The van der Waals surface area contributed by atoms with E-state index in [1.54, 1.807) is 6.08 Å². The zero-order valence-electron chi connectivity index (χ0n) is 48.5. The molecule has 0 aromatic rings. The summed E-state index contributed by atoms with van der Waals surface area (Å²) in [4.78, 5) is 48.6. The highest BCUT2D eigenvalue weighted by atomic mass is 31.2. The molecule has 12 heteroatoms. The normalized spacial score (nSPS) is 13.9. The van der Waals surface area contributed by atoms with E-state index in [2.05, 4.69) is 87.6 Å². The predicted molar refractivity (Wildman–Crippen MR) is 316 cm³/mol. The molecule has 0 aliphatic carbocycles. The second-order valence-corrected chi connectivity index (χ2v) is 21.6. The largest absolute Gasteiger partial charge is 0.472 e. The monoisotopic (exact) mass is 1090 g/mol. The van der Waals surface area contributed by atoms with E-state index in [1.807, 2.05) is 12.2 Å². The maximum atomic E-state index is 12.9. The van der Waals surface area contributed by atoms with E-state index in [1.165, 1.54) is 122 Å². The van der Waals surface area contributed by atoms with Gasteiger partial charge in [-0.05, 0) is 96.3 Å². The molecule has 0 aliphatic heterocycles. The molecule has 0 bridgehead atoms. The number of carbonyl (C=O) groups excluding carboxylic acids is 3. The Morgan fingerprint density at radius 1 is 0.395 bits per heavy atom. The lowest BCUT2D eigenvalue weighted by atomic mass is 10.1. The molecule has 0 heterocycles. The first kappa shape index (κ1) is 72.7. The van der Waals surface area contributed by atoms with Gasteiger partial charge in [0.2, 0.25) is 0 Å². The maximum Gasteiger partial charge on any atom is 0.472 e. The van der Waals surface area contributed by atoms with E-state index < -0.39 is 64.4 Å². The van der Waals surface area contributed by atoms with Gasteiger partial charge in [0.05, 0.1) is 26.2 Å². The smallest absolute Gasteiger partial charge is 0.461 e. The summed E-state index contributed by atoms with van der Waals surface area (Å²) in [6.07, 6.45) is 67.1. The van der Waals surface area contributed by atoms with E-state index in [0.29, 0.717) is 19.3 Å². The molecule has 11 nitrogen and oxygen atoms in total. The van der Waals surface area contributed by atoms with Gasteiger partial charge in [0.1, 0.15) is 12.7 Å². The van der Waals surface area contributed by atoms with E-state index in [9.17, 15) is 28.9 Å². The van der Waals surface area contributed by atoms with Crippen molar-refractivity contribution >= 4 is 25.7 Å². The quantitative estimate of drug-likeness (QED) is 0.0197. The molecule has 76 heavy (non-hydrogen) atoms. The highest BCUT2D eigenvalue weighted by Crippen LogP contribution is 2.43. The van der Waals surface area contributed by atoms with Crippen LogP contribution >= 0.6 is 7.82 Å². The second-order valence-electron chi connectivity index (χ2n) is 20.1. The molecule has 438 valence electrons. The Morgan fingerprint density at radius 2 is 0.724 bits per heavy atom. The molecular formula is C64H111O11P. The van der Waals surface area contributed by atoms with Crippen molar-refractivity contribution in [2.75, 3.05) is 26.4 Å². The van der Waals surface area contributed by atoms with Crippen LogP contribution in [0, 0.1) is 0 Å². The fourth-order valence-corrected chi connectivity index (χ4v) is 8.97. The molecule has 2 N–H and O–H groups in total. The minimum Gasteiger partial charge on any atom is -0.461 e. The van der Waals surface area contributed by atoms with Crippen LogP contribution < -0.4 is 0 Å². The van der Waals surface area contributed by atoms with Gasteiger partial charge in [0.15, 0.2) is 6.10 Å². The van der Waals surface area contributed by atoms with Crippen molar-refractivity contribution in [3.63, 3.8) is 0 Å². The maximum absolute atomic E-state index is 12.9. The lowest BCUT2D eigenvalue weighted by molar-refractivity contribution is -0.161. The van der Waals surface area contributed by atoms with Crippen LogP contribution in [0.25, 0.3) is 0 Å². The topological polar surface area (TPSA) is 155 Å². The molecule has 0 saturated heterocycles. The van der Waals surface area contributed by atoms with Crippen LogP contribution in [0.4, 0.5) is 0 Å². The first-order valence-corrected chi connectivity index (χ1v) is 32.0. The summed E-state index contributed by atoms with van der Waals surface area (Å²) in [6, 6.07) is 0. The number of carbonyl (C=O) groups is 3. The van der Waals surface area contributed by atoms with Gasteiger partial charge in [0, 0.05) is 12.8 Å². The summed E-state index contributed by atoms with van der Waals surface area (Å²) in [6.45, 7) is 4.42. The van der Waals surface area contributed by atoms with Crippen LogP contribution in [-0.2, 0) is 42.2 Å². The Labute approximate surface area is 464 Å². The minimum absolute atomic E-state index is 0.00806. The summed E-state index contributed by atoms with van der Waals surface area (Å²) >= 11 is 0. The van der Waals surface area contributed by atoms with Gasteiger partial charge in [0.25, 0.3) is 0 Å². The third kappa shape index (κ3) is 55.4. The Balaban J connectivity index is 4.80. The van der Waals surface area contributed by atoms with Crippen LogP contribution in [0.15, 0.2) is 85.1 Å². The number of phosphoric acid groups is 1. The van der Waals surface area contributed by atoms with Crippen molar-refractivity contribution < 1.29 is 52.2 Å². The number of phosphoric ester groups is 1. The molecule has 0 aromatic carbocycles. The van der Waals surface area contributed by atoms with Gasteiger partial charge in [-0.15, -0.1) is 0 Å². The Morgan fingerprint density at radius 3 is 1.11 bits per heavy atom. The van der Waals surface area contributed by atoms with E-state index in [0.717, 1.165) is 83.5 Å². The van der Waals surface area contributed by atoms with Crippen LogP contribution in [0.5, 0.6) is 0 Å². The molecular weight excluding hydrogens is 976 g/mol. The zero-order valence-corrected chi connectivity index (χ0v) is 49.3. The summed E-state index contributed by atoms with van der Waals surface area (Å²) in [5, 5.41) is 9.83. The molecule has 3 unspecified atom stereocenters. The average molecular weight is 1090 g/mol. The molecule has 0 aromatic heterocycles. The lowest BCUT2D eigenvalue weighted by Crippen LogP contribution is -2.30. The number of ether oxygens (including phenoxy) is 3. The standard InChI is InChI=1S/C64H111O11P/c1-4-7-10-13-16-19-22-25-28-29-30-31-34-37-40-43-46-49-52-55-64(68)75-61(57-71-62(66)53-50-47-44-41-38-35-32-26-23-20-17-14-11-8-5-2)59-73-76(69,70)72-58-60(56-65)74-63(67)54-51-48-45-42-39-36-33-27-24-21-18-15-12-9-6-3/h8,11,17,20,25-28,32-33,38,41,47,50,60-61,65H,4-7,9-10,12-16,18-19,21-24,29-31,34-37,39-40,42-46,48-49,51-59H2,1-3H3,(H,69,70)/b11-8-,20-17-,28-25-,32-26-,33-27-,41-38-,50-47-. The number of unbranched alkanes of at least 4 members (excludes halogenated alkanes) is 26. The molecule has 0 radical (unpaired) electrons. The van der Waals surface area contributed by atoms with Crippen LogP contribution in [-0.4, -0.2) is 66.5 Å². The Hall–Kier alpha value is -3.34. The van der Waals surface area contributed by atoms with Crippen molar-refractivity contribution in [2.45, 2.75) is 277 Å². The number of allylic oxidation sites excluding steroid dienone is 13. The molecule has 0 amide bonds. The number of hydrogen-bond acceptors (Lipinski definition) is 10. The first-order valence-electron chi connectivity index (χ1n) is 30.5. The van der Waals surface area contributed by atoms with E-state index in [4.69, 9.17) is 23.3 Å². The highest BCUT2D eigenvalue weighted by molar-refractivity contribution is 7.47. The SMILES string of the molecule is CC/C=C\C/C=C\C/C=C\C/C=C\C/C=C\CC(=O)OCC(COP(=O)(O)OCC(CO)OC(=O)CCCCCCC/C=C\CCCCCCCC)OC(=O)CCCCCCCCCCC/C=C\CCCCCCCC. The molecule has 3 atom stereocenters. The average Bonchev–Trinajstić information content (AvgIpc) is 3.41. The first-order chi connectivity index (χ1) is 37.2. The Kier molecular flexibility index (Phi) is 55.3. The van der Waals surface area contributed by atoms with Crippen molar-refractivity contribution in [2.24, 2.45) is 0 Å². The summed E-state index contributed by atoms with van der Waals surface area (Å²) in [7, 11) is -4.77.